The van der Waals surface area contributed by atoms with Crippen molar-refractivity contribution in [3.8, 4) is 11.5 Å². The van der Waals surface area contributed by atoms with Crippen LogP contribution in [0.2, 0.25) is 0 Å². The molecule has 22 heavy (non-hydrogen) atoms. The lowest BCUT2D eigenvalue weighted by Gasteiger charge is -2.17. The average molecular weight is 303 g/mol. The van der Waals surface area contributed by atoms with E-state index in [1.165, 1.54) is 12.8 Å². The van der Waals surface area contributed by atoms with E-state index < -0.39 is 5.60 Å². The number of hydrogen-bond acceptors (Lipinski definition) is 5. The standard InChI is InChI=1S/C17H21NO4/c1-17(11-19)10-14(18-22-17)12-7-8-15(20-2)16(9-12)21-13-5-3-4-6-13/h7-9,11,13H,3-6,10H2,1-2H3. The summed E-state index contributed by atoms with van der Waals surface area (Å²) in [6.07, 6.45) is 6.11. The molecule has 1 aromatic carbocycles. The van der Waals surface area contributed by atoms with Gasteiger partial charge in [0.05, 0.1) is 18.9 Å². The zero-order valence-electron chi connectivity index (χ0n) is 13.0. The molecule has 5 heteroatoms. The topological polar surface area (TPSA) is 57.1 Å². The van der Waals surface area contributed by atoms with E-state index in [1.54, 1.807) is 14.0 Å². The van der Waals surface area contributed by atoms with Crippen LogP contribution in [0, 0.1) is 0 Å². The first-order chi connectivity index (χ1) is 10.6. The van der Waals surface area contributed by atoms with E-state index >= 15 is 0 Å². The van der Waals surface area contributed by atoms with Crippen molar-refractivity contribution in [3.05, 3.63) is 23.8 Å². The Morgan fingerprint density at radius 2 is 2.09 bits per heavy atom. The van der Waals surface area contributed by atoms with Crippen molar-refractivity contribution in [3.63, 3.8) is 0 Å². The fourth-order valence-corrected chi connectivity index (χ4v) is 2.91. The third-order valence-corrected chi connectivity index (χ3v) is 4.22. The molecule has 1 aromatic rings. The summed E-state index contributed by atoms with van der Waals surface area (Å²) in [5.74, 6) is 1.45. The van der Waals surface area contributed by atoms with E-state index in [4.69, 9.17) is 14.3 Å². The van der Waals surface area contributed by atoms with Crippen LogP contribution in [0.1, 0.15) is 44.6 Å². The Labute approximate surface area is 130 Å². The minimum Gasteiger partial charge on any atom is -0.493 e. The van der Waals surface area contributed by atoms with Gasteiger partial charge in [0.25, 0.3) is 0 Å². The molecule has 1 heterocycles. The Hall–Kier alpha value is -2.04. The molecule has 2 aliphatic rings. The van der Waals surface area contributed by atoms with Crippen LogP contribution < -0.4 is 9.47 Å². The molecular formula is C17H21NO4. The summed E-state index contributed by atoms with van der Waals surface area (Å²) in [6, 6.07) is 5.72. The zero-order chi connectivity index (χ0) is 15.6. The second-order valence-corrected chi connectivity index (χ2v) is 6.13. The summed E-state index contributed by atoms with van der Waals surface area (Å²) in [7, 11) is 1.64. The van der Waals surface area contributed by atoms with Gasteiger partial charge in [-0.1, -0.05) is 5.16 Å². The predicted octanol–water partition coefficient (Wildman–Crippen LogP) is 3.10. The zero-order valence-corrected chi connectivity index (χ0v) is 13.0. The van der Waals surface area contributed by atoms with Crippen LogP contribution in [-0.4, -0.2) is 30.8 Å². The molecule has 0 saturated heterocycles. The molecule has 0 aromatic heterocycles. The van der Waals surface area contributed by atoms with Crippen molar-refractivity contribution in [2.24, 2.45) is 5.16 Å². The number of rotatable bonds is 5. The number of benzene rings is 1. The quantitative estimate of drug-likeness (QED) is 0.784. The SMILES string of the molecule is COc1ccc(C2=NOC(C)(C=O)C2)cc1OC1CCCC1. The lowest BCUT2D eigenvalue weighted by molar-refractivity contribution is -0.125. The van der Waals surface area contributed by atoms with Gasteiger partial charge in [0.1, 0.15) is 0 Å². The van der Waals surface area contributed by atoms with Gasteiger partial charge in [0.15, 0.2) is 23.4 Å². The molecule has 1 atom stereocenters. The molecule has 0 amide bonds. The number of nitrogens with zero attached hydrogens (tertiary/aromatic N) is 1. The number of carbonyl (C=O) groups is 1. The first kappa shape index (κ1) is 14.9. The third-order valence-electron chi connectivity index (χ3n) is 4.22. The molecule has 1 unspecified atom stereocenters. The van der Waals surface area contributed by atoms with E-state index in [0.29, 0.717) is 12.2 Å². The van der Waals surface area contributed by atoms with E-state index in [1.807, 2.05) is 18.2 Å². The molecule has 1 aliphatic heterocycles. The lowest BCUT2D eigenvalue weighted by atomic mass is 9.97. The van der Waals surface area contributed by atoms with Gasteiger partial charge in [-0.2, -0.15) is 0 Å². The number of carbonyl (C=O) groups excluding carboxylic acids is 1. The Kier molecular flexibility index (Phi) is 4.05. The maximum absolute atomic E-state index is 11.1. The van der Waals surface area contributed by atoms with Crippen molar-refractivity contribution >= 4 is 12.0 Å². The summed E-state index contributed by atoms with van der Waals surface area (Å²) < 4.78 is 11.5. The van der Waals surface area contributed by atoms with Crippen molar-refractivity contribution in [2.45, 2.75) is 50.7 Å². The van der Waals surface area contributed by atoms with Gasteiger partial charge in [0.2, 0.25) is 0 Å². The number of methoxy groups -OCH3 is 1. The predicted molar refractivity (Wildman–Crippen MR) is 82.6 cm³/mol. The van der Waals surface area contributed by atoms with Crippen LogP contribution in [-0.2, 0) is 9.63 Å². The van der Waals surface area contributed by atoms with Gasteiger partial charge in [0, 0.05) is 12.0 Å². The number of aldehydes is 1. The maximum Gasteiger partial charge on any atom is 0.195 e. The molecular weight excluding hydrogens is 282 g/mol. The summed E-state index contributed by atoms with van der Waals surface area (Å²) >= 11 is 0. The Bertz CT molecular complexity index is 592. The summed E-state index contributed by atoms with van der Waals surface area (Å²) in [5.41, 5.74) is 0.801. The van der Waals surface area contributed by atoms with Gasteiger partial charge in [-0.25, -0.2) is 0 Å². The smallest absolute Gasteiger partial charge is 0.195 e. The molecule has 0 bridgehead atoms. The fourth-order valence-electron chi connectivity index (χ4n) is 2.91. The summed E-state index contributed by atoms with van der Waals surface area (Å²) in [4.78, 5) is 16.3. The highest BCUT2D eigenvalue weighted by Crippen LogP contribution is 2.34. The molecule has 1 aliphatic carbocycles. The van der Waals surface area contributed by atoms with Gasteiger partial charge in [-0.15, -0.1) is 0 Å². The van der Waals surface area contributed by atoms with Crippen LogP contribution >= 0.6 is 0 Å². The van der Waals surface area contributed by atoms with Crippen LogP contribution in [0.3, 0.4) is 0 Å². The molecule has 118 valence electrons. The van der Waals surface area contributed by atoms with Crippen LogP contribution in [0.5, 0.6) is 11.5 Å². The van der Waals surface area contributed by atoms with Gasteiger partial charge < -0.3 is 14.3 Å². The van der Waals surface area contributed by atoms with Crippen molar-refractivity contribution in [2.75, 3.05) is 7.11 Å². The van der Waals surface area contributed by atoms with Crippen molar-refractivity contribution in [1.29, 1.82) is 0 Å². The van der Waals surface area contributed by atoms with Crippen LogP contribution in [0.25, 0.3) is 0 Å². The monoisotopic (exact) mass is 303 g/mol. The second kappa shape index (κ2) is 5.99. The molecule has 0 N–H and O–H groups in total. The summed E-state index contributed by atoms with van der Waals surface area (Å²) in [6.45, 7) is 1.73. The highest BCUT2D eigenvalue weighted by atomic mass is 16.7. The minimum atomic E-state index is -0.859. The summed E-state index contributed by atoms with van der Waals surface area (Å²) in [5, 5.41) is 4.05. The molecule has 1 saturated carbocycles. The fraction of sp³-hybridized carbons (Fsp3) is 0.529. The minimum absolute atomic E-state index is 0.256. The van der Waals surface area contributed by atoms with Crippen LogP contribution in [0.15, 0.2) is 23.4 Å². The Morgan fingerprint density at radius 1 is 1.32 bits per heavy atom. The largest absolute Gasteiger partial charge is 0.493 e. The third kappa shape index (κ3) is 2.93. The van der Waals surface area contributed by atoms with Gasteiger partial charge >= 0.3 is 0 Å². The molecule has 3 rings (SSSR count). The molecule has 0 spiro atoms. The van der Waals surface area contributed by atoms with Gasteiger partial charge in [-0.05, 0) is 50.8 Å². The number of oxime groups is 1. The first-order valence-corrected chi connectivity index (χ1v) is 7.70. The highest BCUT2D eigenvalue weighted by Gasteiger charge is 2.34. The maximum atomic E-state index is 11.1. The van der Waals surface area contributed by atoms with E-state index in [-0.39, 0.29) is 6.10 Å². The molecule has 0 radical (unpaired) electrons. The lowest BCUT2D eigenvalue weighted by Crippen LogP contribution is -2.26. The number of hydrogen-bond donors (Lipinski definition) is 0. The Morgan fingerprint density at radius 3 is 2.73 bits per heavy atom. The second-order valence-electron chi connectivity index (χ2n) is 6.13. The molecule has 1 fully saturated rings. The van der Waals surface area contributed by atoms with Crippen LogP contribution in [0.4, 0.5) is 0 Å². The normalized spacial score (nSPS) is 24.7. The number of ether oxygens (including phenoxy) is 2. The van der Waals surface area contributed by atoms with E-state index in [2.05, 4.69) is 5.16 Å². The average Bonchev–Trinajstić information content (AvgIpc) is 3.18. The Balaban J connectivity index is 1.82. The van der Waals surface area contributed by atoms with Crippen molar-refractivity contribution < 1.29 is 19.1 Å². The van der Waals surface area contributed by atoms with Crippen molar-refractivity contribution in [1.82, 2.24) is 0 Å². The molecule has 5 nitrogen and oxygen atoms in total. The van der Waals surface area contributed by atoms with Gasteiger partial charge in [-0.3, -0.25) is 4.79 Å². The van der Waals surface area contributed by atoms with E-state index in [0.717, 1.165) is 36.2 Å². The highest BCUT2D eigenvalue weighted by molar-refractivity contribution is 6.03. The van der Waals surface area contributed by atoms with E-state index in [9.17, 15) is 4.79 Å². The first-order valence-electron chi connectivity index (χ1n) is 7.70.